The quantitative estimate of drug-likeness (QED) is 0.507. The number of alkyl halides is 3. The van der Waals surface area contributed by atoms with Crippen molar-refractivity contribution in [2.45, 2.75) is 12.6 Å². The third kappa shape index (κ3) is 3.23. The molecule has 7 nitrogen and oxygen atoms in total. The van der Waals surface area contributed by atoms with Gasteiger partial charge >= 0.3 is 12.1 Å². The number of hydrogen-bond acceptors (Lipinski definition) is 5. The Morgan fingerprint density at radius 3 is 2.65 bits per heavy atom. The summed E-state index contributed by atoms with van der Waals surface area (Å²) in [4.78, 5) is 22.7. The number of aromatic carboxylic acids is 1. The third-order valence-corrected chi connectivity index (χ3v) is 5.53. The number of imidazole rings is 1. The van der Waals surface area contributed by atoms with Crippen LogP contribution in [0.15, 0.2) is 36.4 Å². The van der Waals surface area contributed by atoms with Crippen molar-refractivity contribution in [3.63, 3.8) is 0 Å². The number of anilines is 1. The molecule has 10 heteroatoms. The second kappa shape index (κ2) is 7.09. The second-order valence-corrected chi connectivity index (χ2v) is 7.48. The highest BCUT2D eigenvalue weighted by atomic mass is 19.4. The molecular formula is C21H18F3N5O2. The number of halogens is 3. The molecule has 1 fully saturated rings. The summed E-state index contributed by atoms with van der Waals surface area (Å²) in [7, 11) is 0. The molecule has 4 aromatic rings. The predicted octanol–water partition coefficient (Wildman–Crippen LogP) is 3.55. The molecule has 0 unspecified atom stereocenters. The van der Waals surface area contributed by atoms with E-state index in [-0.39, 0.29) is 28.1 Å². The van der Waals surface area contributed by atoms with Crippen molar-refractivity contribution in [1.82, 2.24) is 19.7 Å². The molecule has 0 spiro atoms. The van der Waals surface area contributed by atoms with Gasteiger partial charge in [0.05, 0.1) is 16.6 Å². The number of nitrogens with zero attached hydrogens (tertiary/aromatic N) is 4. The largest absolute Gasteiger partial charge is 0.478 e. The fourth-order valence-corrected chi connectivity index (χ4v) is 4.10. The molecule has 0 amide bonds. The summed E-state index contributed by atoms with van der Waals surface area (Å²) in [5, 5.41) is 12.6. The molecule has 0 saturated carbocycles. The summed E-state index contributed by atoms with van der Waals surface area (Å²) >= 11 is 0. The monoisotopic (exact) mass is 429 g/mol. The molecule has 3 aromatic heterocycles. The average Bonchev–Trinajstić information content (AvgIpc) is 2.91. The first kappa shape index (κ1) is 19.6. The number of nitrogens with one attached hydrogen (secondary N) is 1. The van der Waals surface area contributed by atoms with Gasteiger partial charge in [-0.1, -0.05) is 12.1 Å². The summed E-state index contributed by atoms with van der Waals surface area (Å²) in [6, 6.07) is 8.89. The van der Waals surface area contributed by atoms with Crippen molar-refractivity contribution >= 4 is 39.5 Å². The fourth-order valence-electron chi connectivity index (χ4n) is 4.10. The van der Waals surface area contributed by atoms with Crippen molar-refractivity contribution < 1.29 is 23.1 Å². The van der Waals surface area contributed by atoms with Gasteiger partial charge in [0.25, 0.3) is 0 Å². The summed E-state index contributed by atoms with van der Waals surface area (Å²) in [5.74, 6) is -1.14. The molecule has 4 heterocycles. The summed E-state index contributed by atoms with van der Waals surface area (Å²) in [6.07, 6.45) is -3.90. The first-order chi connectivity index (χ1) is 14.8. The van der Waals surface area contributed by atoms with Crippen LogP contribution in [-0.2, 0) is 6.18 Å². The third-order valence-electron chi connectivity index (χ3n) is 5.53. The highest BCUT2D eigenvalue weighted by Gasteiger charge is 2.35. The van der Waals surface area contributed by atoms with Crippen LogP contribution in [0, 0.1) is 0 Å². The summed E-state index contributed by atoms with van der Waals surface area (Å²) < 4.78 is 43.7. The van der Waals surface area contributed by atoms with Gasteiger partial charge in [0.2, 0.25) is 0 Å². The zero-order chi connectivity index (χ0) is 21.8. The molecular weight excluding hydrogens is 411 g/mol. The molecule has 0 atom stereocenters. The Kier molecular flexibility index (Phi) is 4.47. The summed E-state index contributed by atoms with van der Waals surface area (Å²) in [6.45, 7) is 2.53. The SMILES string of the molecule is O=C(O)c1cc2c(C(F)(F)F)cc(N3CCCNCC3)nc2n2c1nc1ccccc12. The zero-order valence-electron chi connectivity index (χ0n) is 16.3. The van der Waals surface area contributed by atoms with Gasteiger partial charge in [0.15, 0.2) is 5.65 Å². The maximum atomic E-state index is 14.1. The van der Waals surface area contributed by atoms with Crippen molar-refractivity contribution in [3.8, 4) is 0 Å². The number of pyridine rings is 2. The lowest BCUT2D eigenvalue weighted by Gasteiger charge is -2.23. The molecule has 0 aliphatic carbocycles. The Morgan fingerprint density at radius 1 is 1.06 bits per heavy atom. The van der Waals surface area contributed by atoms with E-state index in [2.05, 4.69) is 15.3 Å². The standard InChI is InChI=1S/C21H18F3N5O2/c22-21(23,24)14-11-17(28-8-3-6-25-7-9-28)27-18-12(14)10-13(20(30)31)19-26-15-4-1-2-5-16(15)29(18)19/h1-2,4-5,10-11,25H,3,6-9H2,(H,30,31). The Bertz CT molecular complexity index is 1320. The number of carboxylic acid groups (broad SMARTS) is 1. The summed E-state index contributed by atoms with van der Waals surface area (Å²) in [5.41, 5.74) is -0.125. The predicted molar refractivity (Wildman–Crippen MR) is 110 cm³/mol. The number of para-hydroxylation sites is 2. The zero-order valence-corrected chi connectivity index (χ0v) is 16.3. The van der Waals surface area contributed by atoms with Gasteiger partial charge in [0, 0.05) is 25.0 Å². The minimum atomic E-state index is -4.68. The molecule has 1 saturated heterocycles. The van der Waals surface area contributed by atoms with Crippen LogP contribution in [0.1, 0.15) is 22.3 Å². The Morgan fingerprint density at radius 2 is 1.87 bits per heavy atom. The van der Waals surface area contributed by atoms with E-state index in [1.54, 1.807) is 24.3 Å². The van der Waals surface area contributed by atoms with E-state index >= 15 is 0 Å². The molecule has 160 valence electrons. The number of carbonyl (C=O) groups is 1. The molecule has 1 aliphatic heterocycles. The van der Waals surface area contributed by atoms with Gasteiger partial charge in [-0.05, 0) is 37.2 Å². The Labute approximate surface area is 174 Å². The van der Waals surface area contributed by atoms with Gasteiger partial charge in [-0.3, -0.25) is 4.40 Å². The smallest absolute Gasteiger partial charge is 0.417 e. The highest BCUT2D eigenvalue weighted by molar-refractivity contribution is 6.03. The van der Waals surface area contributed by atoms with Crippen LogP contribution in [0.2, 0.25) is 0 Å². The van der Waals surface area contributed by atoms with Gasteiger partial charge < -0.3 is 15.3 Å². The number of aromatic nitrogens is 3. The Balaban J connectivity index is 1.92. The van der Waals surface area contributed by atoms with Crippen molar-refractivity contribution in [1.29, 1.82) is 0 Å². The number of hydrogen-bond donors (Lipinski definition) is 2. The van der Waals surface area contributed by atoms with E-state index in [9.17, 15) is 23.1 Å². The number of carboxylic acids is 1. The number of benzene rings is 1. The number of rotatable bonds is 2. The van der Waals surface area contributed by atoms with E-state index in [4.69, 9.17) is 0 Å². The first-order valence-electron chi connectivity index (χ1n) is 9.86. The second-order valence-electron chi connectivity index (χ2n) is 7.48. The topological polar surface area (TPSA) is 82.8 Å². The molecule has 5 rings (SSSR count). The van der Waals surface area contributed by atoms with Gasteiger partial charge in [-0.25, -0.2) is 14.8 Å². The van der Waals surface area contributed by atoms with Gasteiger partial charge in [0.1, 0.15) is 17.0 Å². The van der Waals surface area contributed by atoms with Crippen molar-refractivity contribution in [2.24, 2.45) is 0 Å². The Hall–Kier alpha value is -3.40. The van der Waals surface area contributed by atoms with Crippen LogP contribution in [-0.4, -0.2) is 51.6 Å². The van der Waals surface area contributed by atoms with Crippen LogP contribution in [0.4, 0.5) is 19.0 Å². The lowest BCUT2D eigenvalue weighted by molar-refractivity contribution is -0.136. The molecule has 31 heavy (non-hydrogen) atoms. The van der Waals surface area contributed by atoms with E-state index in [0.717, 1.165) is 25.1 Å². The van der Waals surface area contributed by atoms with E-state index in [0.29, 0.717) is 30.7 Å². The normalized spacial score (nSPS) is 15.6. The molecule has 2 N–H and O–H groups in total. The average molecular weight is 429 g/mol. The van der Waals surface area contributed by atoms with Crippen LogP contribution < -0.4 is 10.2 Å². The van der Waals surface area contributed by atoms with Crippen LogP contribution in [0.3, 0.4) is 0 Å². The van der Waals surface area contributed by atoms with Crippen molar-refractivity contribution in [3.05, 3.63) is 47.5 Å². The lowest BCUT2D eigenvalue weighted by Crippen LogP contribution is -2.29. The molecule has 0 radical (unpaired) electrons. The molecule has 0 bridgehead atoms. The maximum absolute atomic E-state index is 14.1. The highest BCUT2D eigenvalue weighted by Crippen LogP contribution is 2.38. The van der Waals surface area contributed by atoms with Gasteiger partial charge in [-0.2, -0.15) is 13.2 Å². The van der Waals surface area contributed by atoms with E-state index in [1.807, 2.05) is 4.90 Å². The molecule has 1 aromatic carbocycles. The maximum Gasteiger partial charge on any atom is 0.417 e. The van der Waals surface area contributed by atoms with Crippen LogP contribution >= 0.6 is 0 Å². The minimum Gasteiger partial charge on any atom is -0.478 e. The van der Waals surface area contributed by atoms with E-state index < -0.39 is 17.7 Å². The fraction of sp³-hybridized carbons (Fsp3) is 0.286. The number of fused-ring (bicyclic) bond motifs is 5. The molecule has 1 aliphatic rings. The van der Waals surface area contributed by atoms with Gasteiger partial charge in [-0.15, -0.1) is 0 Å². The van der Waals surface area contributed by atoms with Crippen LogP contribution in [0.5, 0.6) is 0 Å². The van der Waals surface area contributed by atoms with Crippen LogP contribution in [0.25, 0.3) is 27.7 Å². The minimum absolute atomic E-state index is 0.0377. The lowest BCUT2D eigenvalue weighted by atomic mass is 10.1. The van der Waals surface area contributed by atoms with Crippen molar-refractivity contribution in [2.75, 3.05) is 31.1 Å². The van der Waals surface area contributed by atoms with E-state index in [1.165, 1.54) is 4.40 Å². The first-order valence-corrected chi connectivity index (χ1v) is 9.86.